The van der Waals surface area contributed by atoms with Crippen LogP contribution in [-0.2, 0) is 5.41 Å². The molecule has 2 heterocycles. The molecule has 1 aliphatic heterocycles. The summed E-state index contributed by atoms with van der Waals surface area (Å²) in [5.74, 6) is 0. The fourth-order valence-electron chi connectivity index (χ4n) is 9.26. The van der Waals surface area contributed by atoms with E-state index in [1.54, 1.807) is 0 Å². The summed E-state index contributed by atoms with van der Waals surface area (Å²) in [5.41, 5.74) is 12.0. The van der Waals surface area contributed by atoms with Crippen molar-refractivity contribution in [1.82, 2.24) is 4.57 Å². The average molecular weight is 677 g/mol. The van der Waals surface area contributed by atoms with E-state index in [1.807, 2.05) is 0 Å². The minimum atomic E-state index is -0.248. The van der Waals surface area contributed by atoms with E-state index in [-0.39, 0.29) is 5.41 Å². The summed E-state index contributed by atoms with van der Waals surface area (Å²) in [6, 6.07) is 67.2. The largest absolute Gasteiger partial charge is 0.310 e. The van der Waals surface area contributed by atoms with Crippen molar-refractivity contribution in [2.45, 2.75) is 19.3 Å². The molecular weight excluding hydrogens is 641 g/mol. The molecule has 1 aliphatic rings. The van der Waals surface area contributed by atoms with Gasteiger partial charge in [-0.05, 0) is 97.5 Å². The normalized spacial score (nSPS) is 13.6. The van der Waals surface area contributed by atoms with Gasteiger partial charge in [-0.1, -0.05) is 147 Å². The number of fused-ring (bicyclic) bond motifs is 11. The minimum Gasteiger partial charge on any atom is -0.310 e. The number of nitrogens with zero attached hydrogens (tertiary/aromatic N) is 2. The van der Waals surface area contributed by atoms with Gasteiger partial charge >= 0.3 is 0 Å². The van der Waals surface area contributed by atoms with Gasteiger partial charge in [-0.15, -0.1) is 0 Å². The van der Waals surface area contributed by atoms with Crippen molar-refractivity contribution >= 4 is 71.2 Å². The lowest BCUT2D eigenvalue weighted by Crippen LogP contribution is -2.30. The maximum absolute atomic E-state index is 2.51. The van der Waals surface area contributed by atoms with Crippen molar-refractivity contribution in [3.05, 3.63) is 193 Å². The Morgan fingerprint density at radius 1 is 0.358 bits per heavy atom. The van der Waals surface area contributed by atoms with Gasteiger partial charge in [0.1, 0.15) is 0 Å². The smallest absolute Gasteiger partial charge is 0.0541 e. The summed E-state index contributed by atoms with van der Waals surface area (Å²) >= 11 is 0. The van der Waals surface area contributed by atoms with E-state index in [0.29, 0.717) is 0 Å². The Hall–Kier alpha value is -6.64. The molecule has 11 rings (SSSR count). The van der Waals surface area contributed by atoms with Gasteiger partial charge in [0.25, 0.3) is 0 Å². The summed E-state index contributed by atoms with van der Waals surface area (Å²) in [6.07, 6.45) is 0. The quantitative estimate of drug-likeness (QED) is 0.169. The van der Waals surface area contributed by atoms with Crippen LogP contribution < -0.4 is 4.90 Å². The van der Waals surface area contributed by atoms with Crippen LogP contribution in [0.1, 0.15) is 25.0 Å². The highest BCUT2D eigenvalue weighted by Crippen LogP contribution is 2.55. The first-order chi connectivity index (χ1) is 26.1. The monoisotopic (exact) mass is 676 g/mol. The van der Waals surface area contributed by atoms with Gasteiger partial charge in [-0.3, -0.25) is 0 Å². The molecule has 0 atom stereocenters. The molecule has 53 heavy (non-hydrogen) atoms. The van der Waals surface area contributed by atoms with Crippen LogP contribution in [0, 0.1) is 0 Å². The summed E-state index contributed by atoms with van der Waals surface area (Å²) in [4.78, 5) is 2.51. The second kappa shape index (κ2) is 11.2. The molecule has 0 fully saturated rings. The highest BCUT2D eigenvalue weighted by atomic mass is 15.2. The average Bonchev–Trinajstić information content (AvgIpc) is 3.55. The first kappa shape index (κ1) is 30.0. The number of hydrogen-bond donors (Lipinski definition) is 0. The number of hydrogen-bond acceptors (Lipinski definition) is 1. The van der Waals surface area contributed by atoms with Gasteiger partial charge in [-0.2, -0.15) is 0 Å². The molecule has 0 spiro atoms. The van der Waals surface area contributed by atoms with Crippen LogP contribution in [0.25, 0.3) is 70.9 Å². The third-order valence-electron chi connectivity index (χ3n) is 11.7. The summed E-state index contributed by atoms with van der Waals surface area (Å²) in [5, 5.41) is 10.3. The van der Waals surface area contributed by atoms with Crippen molar-refractivity contribution in [3.8, 4) is 16.8 Å². The Kier molecular flexibility index (Phi) is 6.33. The molecule has 9 aromatic carbocycles. The van der Waals surface area contributed by atoms with E-state index in [9.17, 15) is 0 Å². The van der Waals surface area contributed by atoms with Gasteiger partial charge in [0.15, 0.2) is 0 Å². The van der Waals surface area contributed by atoms with E-state index in [0.717, 1.165) is 5.69 Å². The van der Waals surface area contributed by atoms with Crippen LogP contribution in [0.15, 0.2) is 182 Å². The number of para-hydroxylation sites is 4. The summed E-state index contributed by atoms with van der Waals surface area (Å²) in [7, 11) is 0. The molecule has 0 radical (unpaired) electrons. The molecule has 0 unspecified atom stereocenters. The molecule has 0 N–H and O–H groups in total. The van der Waals surface area contributed by atoms with Crippen LogP contribution in [-0.4, -0.2) is 4.57 Å². The molecule has 1 aromatic heterocycles. The Bertz CT molecular complexity index is 3040. The SMILES string of the molecule is CC1(C)c2ccc(-c3ccccc3-n3c4ccccc4c4ccccc43)cc2N(c2ccccc2)c2cc3c4ccccc4c4ccccc4c3cc21. The Morgan fingerprint density at radius 3 is 1.49 bits per heavy atom. The minimum absolute atomic E-state index is 0.248. The van der Waals surface area contributed by atoms with Gasteiger partial charge in [0.05, 0.1) is 28.1 Å². The third-order valence-corrected chi connectivity index (χ3v) is 11.7. The Morgan fingerprint density at radius 2 is 0.849 bits per heavy atom. The number of benzene rings is 9. The van der Waals surface area contributed by atoms with Crippen molar-refractivity contribution in [3.63, 3.8) is 0 Å². The van der Waals surface area contributed by atoms with Crippen LogP contribution >= 0.6 is 0 Å². The van der Waals surface area contributed by atoms with Crippen LogP contribution in [0.5, 0.6) is 0 Å². The molecular formula is C51H36N2. The first-order valence-corrected chi connectivity index (χ1v) is 18.5. The number of rotatable bonds is 3. The van der Waals surface area contributed by atoms with Crippen LogP contribution in [0.4, 0.5) is 17.1 Å². The fraction of sp³-hybridized carbons (Fsp3) is 0.0588. The van der Waals surface area contributed by atoms with E-state index in [1.165, 1.54) is 93.4 Å². The van der Waals surface area contributed by atoms with Crippen LogP contribution in [0.3, 0.4) is 0 Å². The van der Waals surface area contributed by atoms with Gasteiger partial charge in [-0.25, -0.2) is 0 Å². The first-order valence-electron chi connectivity index (χ1n) is 18.5. The third kappa shape index (κ3) is 4.27. The molecule has 2 nitrogen and oxygen atoms in total. The summed E-state index contributed by atoms with van der Waals surface area (Å²) in [6.45, 7) is 4.79. The lowest BCUT2D eigenvalue weighted by molar-refractivity contribution is 0.633. The summed E-state index contributed by atoms with van der Waals surface area (Å²) < 4.78 is 2.44. The molecule has 2 heteroatoms. The van der Waals surface area contributed by atoms with Crippen molar-refractivity contribution < 1.29 is 0 Å². The van der Waals surface area contributed by atoms with Gasteiger partial charge in [0.2, 0.25) is 0 Å². The molecule has 10 aromatic rings. The lowest BCUT2D eigenvalue weighted by atomic mass is 9.72. The Balaban J connectivity index is 1.19. The second-order valence-corrected chi connectivity index (χ2v) is 14.9. The molecule has 0 bridgehead atoms. The molecule has 0 aliphatic carbocycles. The zero-order valence-electron chi connectivity index (χ0n) is 29.7. The van der Waals surface area contributed by atoms with Gasteiger partial charge in [0, 0.05) is 27.4 Å². The second-order valence-electron chi connectivity index (χ2n) is 14.9. The zero-order chi connectivity index (χ0) is 35.3. The van der Waals surface area contributed by atoms with E-state index >= 15 is 0 Å². The van der Waals surface area contributed by atoms with Crippen molar-refractivity contribution in [2.24, 2.45) is 0 Å². The molecule has 0 amide bonds. The van der Waals surface area contributed by atoms with E-state index in [2.05, 4.69) is 205 Å². The fourth-order valence-corrected chi connectivity index (χ4v) is 9.26. The predicted molar refractivity (Wildman–Crippen MR) is 226 cm³/mol. The molecule has 250 valence electrons. The molecule has 0 saturated heterocycles. The van der Waals surface area contributed by atoms with Crippen LogP contribution in [0.2, 0.25) is 0 Å². The lowest BCUT2D eigenvalue weighted by Gasteiger charge is -2.42. The van der Waals surface area contributed by atoms with Gasteiger partial charge < -0.3 is 9.47 Å². The molecule has 0 saturated carbocycles. The zero-order valence-corrected chi connectivity index (χ0v) is 29.7. The standard InChI is InChI=1S/C51H36N2/c1-51(2)44-29-28-33(35-18-10-13-25-46(35)53-47-26-14-11-23-40(47)41-24-12-15-27-48(41)53)30-49(44)52(34-16-4-3-5-17-34)50-32-43-39-22-9-7-20-37(39)36-19-6-8-21-38(36)42(43)31-45(50)51/h3-32H,1-2H3. The maximum atomic E-state index is 2.51. The maximum Gasteiger partial charge on any atom is 0.0541 e. The highest BCUT2D eigenvalue weighted by Gasteiger charge is 2.38. The Labute approximate surface area is 308 Å². The van der Waals surface area contributed by atoms with Crippen molar-refractivity contribution in [1.29, 1.82) is 0 Å². The van der Waals surface area contributed by atoms with Crippen molar-refractivity contribution in [2.75, 3.05) is 4.90 Å². The highest BCUT2D eigenvalue weighted by molar-refractivity contribution is 6.26. The topological polar surface area (TPSA) is 8.17 Å². The van der Waals surface area contributed by atoms with E-state index < -0.39 is 0 Å². The number of anilines is 3. The van der Waals surface area contributed by atoms with E-state index in [4.69, 9.17) is 0 Å². The predicted octanol–water partition coefficient (Wildman–Crippen LogP) is 14.0. The number of aromatic nitrogens is 1.